The minimum Gasteiger partial charge on any atom is -0.366 e. The van der Waals surface area contributed by atoms with Crippen LogP contribution in [0.2, 0.25) is 0 Å². The van der Waals surface area contributed by atoms with Crippen LogP contribution < -0.4 is 5.73 Å². The van der Waals surface area contributed by atoms with Crippen molar-refractivity contribution in [3.05, 3.63) is 59.0 Å². The van der Waals surface area contributed by atoms with Crippen molar-refractivity contribution in [3.63, 3.8) is 0 Å². The molecule has 0 unspecified atom stereocenters. The van der Waals surface area contributed by atoms with Crippen LogP contribution in [-0.2, 0) is 0 Å². The molecule has 7 heteroatoms. The number of aromatic nitrogens is 4. The highest BCUT2D eigenvalue weighted by Crippen LogP contribution is 2.18. The lowest BCUT2D eigenvalue weighted by Gasteiger charge is -2.03. The number of hydrogen-bond donors (Lipinski definition) is 1. The topological polar surface area (TPSA) is 94.7 Å². The van der Waals surface area contributed by atoms with Crippen molar-refractivity contribution < 1.29 is 4.79 Å². The first-order valence-corrected chi connectivity index (χ1v) is 7.34. The van der Waals surface area contributed by atoms with Crippen LogP contribution in [0.25, 0.3) is 22.1 Å². The van der Waals surface area contributed by atoms with Crippen molar-refractivity contribution in [2.45, 2.75) is 0 Å². The van der Waals surface area contributed by atoms with Crippen molar-refractivity contribution in [2.24, 2.45) is 5.73 Å². The monoisotopic (exact) mass is 309 g/mol. The third kappa shape index (κ3) is 2.89. The summed E-state index contributed by atoms with van der Waals surface area (Å²) in [6, 6.07) is 12.8. The zero-order valence-electron chi connectivity index (χ0n) is 11.4. The summed E-state index contributed by atoms with van der Waals surface area (Å²) in [7, 11) is 0. The number of hydrogen-bond acceptors (Lipinski definition) is 6. The molecule has 2 aromatic carbocycles. The van der Waals surface area contributed by atoms with Gasteiger partial charge in [0.15, 0.2) is 0 Å². The van der Waals surface area contributed by atoms with E-state index in [-0.39, 0.29) is 0 Å². The Morgan fingerprint density at radius 3 is 2.09 bits per heavy atom. The Morgan fingerprint density at radius 2 is 1.50 bits per heavy atom. The first-order chi connectivity index (χ1) is 10.8. The Morgan fingerprint density at radius 1 is 0.864 bits per heavy atom. The van der Waals surface area contributed by atoms with Gasteiger partial charge in [-0.3, -0.25) is 4.79 Å². The normalized spacial score (nSPS) is 10.2. The van der Waals surface area contributed by atoms with E-state index < -0.39 is 5.91 Å². The van der Waals surface area contributed by atoms with Crippen molar-refractivity contribution in [2.75, 3.05) is 0 Å². The summed E-state index contributed by atoms with van der Waals surface area (Å²) in [5.74, 6) is -0.486. The number of nitrogens with zero attached hydrogens (tertiary/aromatic N) is 4. The van der Waals surface area contributed by atoms with E-state index in [2.05, 4.69) is 20.2 Å². The van der Waals surface area contributed by atoms with Gasteiger partial charge in [-0.25, -0.2) is 9.97 Å². The highest BCUT2D eigenvalue weighted by Gasteiger charge is 2.09. The number of nitrogens with two attached hydrogens (primary N) is 1. The molecule has 22 heavy (non-hydrogen) atoms. The Hall–Kier alpha value is -2.93. The van der Waals surface area contributed by atoms with E-state index in [1.54, 1.807) is 23.2 Å². The molecule has 0 radical (unpaired) electrons. The van der Waals surface area contributed by atoms with Gasteiger partial charge in [-0.2, -0.15) is 0 Å². The van der Waals surface area contributed by atoms with Crippen molar-refractivity contribution >= 4 is 39.3 Å². The molecule has 1 amide bonds. The van der Waals surface area contributed by atoms with Crippen LogP contribution in [0.15, 0.2) is 53.5 Å². The van der Waals surface area contributed by atoms with Crippen LogP contribution in [0.3, 0.4) is 0 Å². The summed E-state index contributed by atoms with van der Waals surface area (Å²) in [5.41, 5.74) is 11.9. The maximum atomic E-state index is 11.3. The van der Waals surface area contributed by atoms with Crippen LogP contribution in [0.5, 0.6) is 0 Å². The lowest BCUT2D eigenvalue weighted by atomic mass is 10.1. The quantitative estimate of drug-likeness (QED) is 0.545. The summed E-state index contributed by atoms with van der Waals surface area (Å²) < 4.78 is 0. The van der Waals surface area contributed by atoms with E-state index in [0.717, 1.165) is 11.0 Å². The second kappa shape index (κ2) is 6.23. The average Bonchev–Trinajstić information content (AvgIpc) is 3.12. The molecule has 0 aliphatic carbocycles. The largest absolute Gasteiger partial charge is 0.366 e. The molecule has 108 valence electrons. The zero-order valence-corrected chi connectivity index (χ0v) is 12.2. The summed E-state index contributed by atoms with van der Waals surface area (Å²) in [4.78, 5) is 20.2. The predicted octanol–water partition coefficient (Wildman–Crippen LogP) is 2.42. The third-order valence-electron chi connectivity index (χ3n) is 2.92. The average molecular weight is 309 g/mol. The summed E-state index contributed by atoms with van der Waals surface area (Å²) in [5, 5.41) is 6.98. The number of rotatable bonds is 1. The van der Waals surface area contributed by atoms with Gasteiger partial charge in [-0.05, 0) is 24.3 Å². The van der Waals surface area contributed by atoms with Crippen LogP contribution >= 0.6 is 11.3 Å². The Bertz CT molecular complexity index is 906. The molecule has 2 aromatic heterocycles. The molecule has 0 aliphatic heterocycles. The summed E-state index contributed by atoms with van der Waals surface area (Å²) >= 11 is 1.49. The number of amides is 1. The number of primary amides is 1. The molecule has 2 N–H and O–H groups in total. The molecule has 4 aromatic rings. The Labute approximate surface area is 129 Å². The smallest absolute Gasteiger partial charge is 0.250 e. The number of fused-ring (bicyclic) bond motifs is 2. The molecule has 0 aliphatic rings. The lowest BCUT2D eigenvalue weighted by Crippen LogP contribution is -2.12. The van der Waals surface area contributed by atoms with Gasteiger partial charge in [0.2, 0.25) is 0 Å². The minimum atomic E-state index is -0.486. The van der Waals surface area contributed by atoms with Crippen molar-refractivity contribution in [1.82, 2.24) is 20.2 Å². The fourth-order valence-corrected chi connectivity index (χ4v) is 2.25. The van der Waals surface area contributed by atoms with E-state index in [0.29, 0.717) is 16.6 Å². The van der Waals surface area contributed by atoms with Gasteiger partial charge in [0, 0.05) is 0 Å². The number of benzene rings is 2. The molecule has 4 rings (SSSR count). The molecule has 0 saturated carbocycles. The van der Waals surface area contributed by atoms with Gasteiger partial charge in [0.25, 0.3) is 5.91 Å². The SMILES string of the molecule is NC(=O)c1cccc2nc3ccccc3nc12.c1nncs1. The highest BCUT2D eigenvalue weighted by molar-refractivity contribution is 7.07. The second-order valence-corrected chi connectivity index (χ2v) is 5.02. The zero-order chi connectivity index (χ0) is 15.4. The number of para-hydroxylation sites is 3. The number of carbonyl (C=O) groups excluding carboxylic acids is 1. The van der Waals surface area contributed by atoms with E-state index in [4.69, 9.17) is 5.73 Å². The van der Waals surface area contributed by atoms with E-state index >= 15 is 0 Å². The highest BCUT2D eigenvalue weighted by atomic mass is 32.1. The summed E-state index contributed by atoms with van der Waals surface area (Å²) in [6.07, 6.45) is 0. The first-order valence-electron chi connectivity index (χ1n) is 6.40. The maximum absolute atomic E-state index is 11.3. The lowest BCUT2D eigenvalue weighted by molar-refractivity contribution is 0.100. The van der Waals surface area contributed by atoms with Gasteiger partial charge >= 0.3 is 0 Å². The molecule has 2 heterocycles. The molecule has 6 nitrogen and oxygen atoms in total. The molecule has 0 bridgehead atoms. The maximum Gasteiger partial charge on any atom is 0.250 e. The van der Waals surface area contributed by atoms with Gasteiger partial charge in [-0.1, -0.05) is 18.2 Å². The van der Waals surface area contributed by atoms with Gasteiger partial charge in [0.1, 0.15) is 16.5 Å². The Kier molecular flexibility index (Phi) is 3.97. The summed E-state index contributed by atoms with van der Waals surface area (Å²) in [6.45, 7) is 0. The molecule has 0 fully saturated rings. The van der Waals surface area contributed by atoms with Gasteiger partial charge in [0.05, 0.1) is 22.1 Å². The molecule has 0 spiro atoms. The first kappa shape index (κ1) is 14.0. The van der Waals surface area contributed by atoms with Crippen LogP contribution in [0.1, 0.15) is 10.4 Å². The van der Waals surface area contributed by atoms with Crippen LogP contribution in [0, 0.1) is 0 Å². The van der Waals surface area contributed by atoms with Crippen LogP contribution in [-0.4, -0.2) is 26.1 Å². The fourth-order valence-electron chi connectivity index (χ4n) is 1.98. The van der Waals surface area contributed by atoms with Gasteiger partial charge in [-0.15, -0.1) is 21.5 Å². The predicted molar refractivity (Wildman–Crippen MR) is 85.5 cm³/mol. The Balaban J connectivity index is 0.000000246. The van der Waals surface area contributed by atoms with Gasteiger partial charge < -0.3 is 5.73 Å². The van der Waals surface area contributed by atoms with E-state index in [9.17, 15) is 4.79 Å². The van der Waals surface area contributed by atoms with Crippen molar-refractivity contribution in [3.8, 4) is 0 Å². The second-order valence-electron chi connectivity index (χ2n) is 4.33. The minimum absolute atomic E-state index is 0.403. The molecule has 0 saturated heterocycles. The molecular weight excluding hydrogens is 298 g/mol. The van der Waals surface area contributed by atoms with Crippen LogP contribution in [0.4, 0.5) is 0 Å². The molecule has 0 atom stereocenters. The van der Waals surface area contributed by atoms with Crippen molar-refractivity contribution in [1.29, 1.82) is 0 Å². The number of carbonyl (C=O) groups is 1. The fraction of sp³-hybridized carbons (Fsp3) is 0. The third-order valence-corrected chi connectivity index (χ3v) is 3.35. The van der Waals surface area contributed by atoms with E-state index in [1.165, 1.54) is 11.3 Å². The van der Waals surface area contributed by atoms with E-state index in [1.807, 2.05) is 30.3 Å². The molecular formula is C15H11N5OS. The standard InChI is InChI=1S/C13H9N3O.C2H2N2S/c14-13(17)8-4-3-7-11-12(8)16-10-6-2-1-5-9(10)15-11;1-3-4-2-5-1/h1-7H,(H2,14,17);1-2H.